The summed E-state index contributed by atoms with van der Waals surface area (Å²) in [5, 5.41) is 4.30. The molecule has 2 aromatic heterocycles. The molecule has 176 valence electrons. The molecule has 2 aliphatic rings. The molecule has 2 saturated heterocycles. The molecule has 1 unspecified atom stereocenters. The molecule has 34 heavy (non-hydrogen) atoms. The van der Waals surface area contributed by atoms with Gasteiger partial charge in [0.15, 0.2) is 11.6 Å². The zero-order chi connectivity index (χ0) is 23.7. The third kappa shape index (κ3) is 4.35. The van der Waals surface area contributed by atoms with Crippen molar-refractivity contribution in [2.75, 3.05) is 42.6 Å². The summed E-state index contributed by atoms with van der Waals surface area (Å²) in [7, 11) is 0. The van der Waals surface area contributed by atoms with Crippen LogP contribution in [0.3, 0.4) is 0 Å². The number of aryl methyl sites for hydroxylation is 1. The van der Waals surface area contributed by atoms with Crippen molar-refractivity contribution in [1.82, 2.24) is 10.1 Å². The molecule has 5 rings (SSSR count). The topological polar surface area (TPSA) is 71.7 Å². The molecule has 2 fully saturated rings. The summed E-state index contributed by atoms with van der Waals surface area (Å²) in [5.41, 5.74) is 1.91. The van der Waals surface area contributed by atoms with E-state index in [2.05, 4.69) is 27.1 Å². The smallest absolute Gasteiger partial charge is 0.173 e. The number of anilines is 2. The molecule has 7 nitrogen and oxygen atoms in total. The summed E-state index contributed by atoms with van der Waals surface area (Å²) in [6.45, 7) is 9.41. The fourth-order valence-corrected chi connectivity index (χ4v) is 4.76. The molecule has 0 radical (unpaired) electrons. The first-order chi connectivity index (χ1) is 16.4. The lowest BCUT2D eigenvalue weighted by Gasteiger charge is -2.44. The largest absolute Gasteiger partial charge is 0.378 e. The molecule has 0 N–H and O–H groups in total. The number of hydrogen-bond donors (Lipinski definition) is 0. The van der Waals surface area contributed by atoms with E-state index in [9.17, 15) is 4.79 Å². The second kappa shape index (κ2) is 9.06. The highest BCUT2D eigenvalue weighted by molar-refractivity contribution is 6.06. The van der Waals surface area contributed by atoms with Crippen LogP contribution in [0, 0.1) is 12.3 Å². The van der Waals surface area contributed by atoms with Gasteiger partial charge in [0.1, 0.15) is 11.6 Å². The number of carbonyl (C=O) groups excluding carboxylic acids is 1. The van der Waals surface area contributed by atoms with Gasteiger partial charge in [-0.05, 0) is 30.7 Å². The Balaban J connectivity index is 1.61. The average molecular weight is 459 g/mol. The van der Waals surface area contributed by atoms with Gasteiger partial charge in [0.2, 0.25) is 0 Å². The van der Waals surface area contributed by atoms with E-state index < -0.39 is 5.41 Å². The predicted molar refractivity (Wildman–Crippen MR) is 132 cm³/mol. The molecule has 7 heteroatoms. The molecule has 1 aromatic carbocycles. The van der Waals surface area contributed by atoms with Gasteiger partial charge in [0.25, 0.3) is 0 Å². The van der Waals surface area contributed by atoms with Crippen LogP contribution in [0.5, 0.6) is 0 Å². The lowest BCUT2D eigenvalue weighted by Crippen LogP contribution is -2.49. The number of nitrogens with zero attached hydrogens (tertiary/aromatic N) is 4. The Morgan fingerprint density at radius 1 is 1.03 bits per heavy atom. The lowest BCUT2D eigenvalue weighted by molar-refractivity contribution is -0.124. The maximum Gasteiger partial charge on any atom is 0.173 e. The van der Waals surface area contributed by atoms with Gasteiger partial charge in [-0.1, -0.05) is 55.4 Å². The first kappa shape index (κ1) is 22.3. The molecule has 3 aromatic rings. The van der Waals surface area contributed by atoms with Gasteiger partial charge in [-0.25, -0.2) is 4.98 Å². The highest BCUT2D eigenvalue weighted by Crippen LogP contribution is 2.43. The van der Waals surface area contributed by atoms with Gasteiger partial charge in [-0.3, -0.25) is 4.79 Å². The number of ether oxygens (including phenoxy) is 1. The van der Waals surface area contributed by atoms with Crippen molar-refractivity contribution in [3.05, 3.63) is 77.2 Å². The number of rotatable bonds is 4. The number of hydrogen-bond acceptors (Lipinski definition) is 7. The van der Waals surface area contributed by atoms with E-state index in [1.54, 1.807) is 0 Å². The third-order valence-corrected chi connectivity index (χ3v) is 6.47. The van der Waals surface area contributed by atoms with Crippen LogP contribution in [-0.4, -0.2) is 48.8 Å². The molecule has 2 aliphatic heterocycles. The van der Waals surface area contributed by atoms with Crippen LogP contribution in [0.4, 0.5) is 11.6 Å². The SMILES string of the molecule is Cc1cc(N2CC(C)(C)C(=O)C(=Cc3cccc(N4CCOCC4)n3)C2c2ccccc2)no1. The van der Waals surface area contributed by atoms with E-state index in [4.69, 9.17) is 14.2 Å². The zero-order valence-corrected chi connectivity index (χ0v) is 19.9. The first-order valence-electron chi connectivity index (χ1n) is 11.7. The van der Waals surface area contributed by atoms with E-state index >= 15 is 0 Å². The summed E-state index contributed by atoms with van der Waals surface area (Å²) in [5.74, 6) is 2.49. The second-order valence-electron chi connectivity index (χ2n) is 9.57. The quantitative estimate of drug-likeness (QED) is 0.535. The minimum Gasteiger partial charge on any atom is -0.378 e. The Labute approximate surface area is 200 Å². The van der Waals surface area contributed by atoms with Gasteiger partial charge in [0.05, 0.1) is 24.9 Å². The summed E-state index contributed by atoms with van der Waals surface area (Å²) < 4.78 is 10.9. The zero-order valence-electron chi connectivity index (χ0n) is 19.9. The Morgan fingerprint density at radius 3 is 2.50 bits per heavy atom. The maximum atomic E-state index is 13.8. The molecule has 0 amide bonds. The number of Topliss-reactive ketones (excluding diaryl/α,β-unsaturated/α-hetero) is 1. The summed E-state index contributed by atoms with van der Waals surface area (Å²) in [6.07, 6.45) is 1.95. The summed E-state index contributed by atoms with van der Waals surface area (Å²) in [6, 6.07) is 17.7. The predicted octanol–water partition coefficient (Wildman–Crippen LogP) is 4.45. The number of morpholine rings is 1. The minimum absolute atomic E-state index is 0.122. The van der Waals surface area contributed by atoms with Crippen LogP contribution in [0.15, 0.2) is 64.7 Å². The van der Waals surface area contributed by atoms with Crippen LogP contribution in [-0.2, 0) is 9.53 Å². The van der Waals surface area contributed by atoms with E-state index in [1.165, 1.54) is 0 Å². The van der Waals surface area contributed by atoms with Crippen LogP contribution in [0.1, 0.15) is 36.9 Å². The Kier molecular flexibility index (Phi) is 5.96. The monoisotopic (exact) mass is 458 g/mol. The Bertz CT molecular complexity index is 1200. The van der Waals surface area contributed by atoms with Crippen molar-refractivity contribution in [3.8, 4) is 0 Å². The van der Waals surface area contributed by atoms with E-state index in [1.807, 2.05) is 69.3 Å². The number of ketones is 1. The molecule has 4 heterocycles. The number of carbonyl (C=O) groups is 1. The van der Waals surface area contributed by atoms with Crippen molar-refractivity contribution in [1.29, 1.82) is 0 Å². The van der Waals surface area contributed by atoms with Gasteiger partial charge < -0.3 is 19.1 Å². The van der Waals surface area contributed by atoms with Crippen molar-refractivity contribution in [3.63, 3.8) is 0 Å². The maximum absolute atomic E-state index is 13.8. The minimum atomic E-state index is -0.591. The average Bonchev–Trinajstić information content (AvgIpc) is 3.29. The molecule has 0 aliphatic carbocycles. The standard InChI is InChI=1S/C27H30N4O3/c1-19-16-24(29-34-19)31-18-27(2,3)26(32)22(25(31)20-8-5-4-6-9-20)17-21-10-7-11-23(28-21)30-12-14-33-15-13-30/h4-11,16-17,25H,12-15,18H2,1-3H3. The van der Waals surface area contributed by atoms with Gasteiger partial charge in [-0.15, -0.1) is 0 Å². The molecule has 0 saturated carbocycles. The number of benzene rings is 1. The van der Waals surface area contributed by atoms with Crippen molar-refractivity contribution < 1.29 is 14.1 Å². The van der Waals surface area contributed by atoms with Crippen molar-refractivity contribution >= 4 is 23.5 Å². The number of aromatic nitrogens is 2. The van der Waals surface area contributed by atoms with E-state index in [0.717, 1.165) is 41.7 Å². The first-order valence-corrected chi connectivity index (χ1v) is 11.7. The van der Waals surface area contributed by atoms with Crippen molar-refractivity contribution in [2.45, 2.75) is 26.8 Å². The number of pyridine rings is 1. The van der Waals surface area contributed by atoms with Gasteiger partial charge in [-0.2, -0.15) is 0 Å². The van der Waals surface area contributed by atoms with Crippen LogP contribution < -0.4 is 9.80 Å². The fraction of sp³-hybridized carbons (Fsp3) is 0.370. The van der Waals surface area contributed by atoms with Crippen LogP contribution in [0.2, 0.25) is 0 Å². The molecule has 0 spiro atoms. The summed E-state index contributed by atoms with van der Waals surface area (Å²) >= 11 is 0. The molecular formula is C27H30N4O3. The van der Waals surface area contributed by atoms with Gasteiger partial charge >= 0.3 is 0 Å². The van der Waals surface area contributed by atoms with Gasteiger partial charge in [0, 0.05) is 36.7 Å². The Morgan fingerprint density at radius 2 is 1.79 bits per heavy atom. The van der Waals surface area contributed by atoms with Crippen LogP contribution in [0.25, 0.3) is 6.08 Å². The normalized spacial score (nSPS) is 21.8. The second-order valence-corrected chi connectivity index (χ2v) is 9.57. The third-order valence-electron chi connectivity index (χ3n) is 6.47. The lowest BCUT2D eigenvalue weighted by atomic mass is 9.74. The highest BCUT2D eigenvalue weighted by atomic mass is 16.5. The Hall–Kier alpha value is -3.45. The number of piperidine rings is 1. The highest BCUT2D eigenvalue weighted by Gasteiger charge is 2.45. The van der Waals surface area contributed by atoms with E-state index in [-0.39, 0.29) is 11.8 Å². The molecule has 0 bridgehead atoms. The fourth-order valence-electron chi connectivity index (χ4n) is 4.76. The molecule has 1 atom stereocenters. The summed E-state index contributed by atoms with van der Waals surface area (Å²) in [4.78, 5) is 23.1. The molecular weight excluding hydrogens is 428 g/mol. The van der Waals surface area contributed by atoms with Crippen LogP contribution >= 0.6 is 0 Å². The van der Waals surface area contributed by atoms with Crippen molar-refractivity contribution in [2.24, 2.45) is 5.41 Å². The van der Waals surface area contributed by atoms with E-state index in [0.29, 0.717) is 25.3 Å².